The van der Waals surface area contributed by atoms with Crippen molar-refractivity contribution < 1.29 is 0 Å². The first kappa shape index (κ1) is 5.84. The molecule has 9 heavy (non-hydrogen) atoms. The van der Waals surface area contributed by atoms with Crippen molar-refractivity contribution in [3.05, 3.63) is 11.6 Å². The molecule has 0 nitrogen and oxygen atoms in total. The van der Waals surface area contributed by atoms with Crippen LogP contribution in [-0.4, -0.2) is 11.5 Å². The molecule has 1 atom stereocenters. The maximum atomic E-state index is 2.47. The molecular weight excluding hydrogens is 128 g/mol. The lowest BCUT2D eigenvalue weighted by atomic mass is 9.91. The Labute approximate surface area is 60.7 Å². The van der Waals surface area contributed by atoms with Crippen LogP contribution in [0.15, 0.2) is 11.6 Å². The number of allylic oxidation sites excluding steroid dienone is 1. The Morgan fingerprint density at radius 1 is 1.56 bits per heavy atom. The van der Waals surface area contributed by atoms with E-state index in [1.165, 1.54) is 30.8 Å². The Kier molecular flexibility index (Phi) is 1.54. The van der Waals surface area contributed by atoms with Crippen LogP contribution >= 0.6 is 11.8 Å². The van der Waals surface area contributed by atoms with Gasteiger partial charge in [-0.3, -0.25) is 0 Å². The number of fused-ring (bicyclic) bond motifs is 1. The minimum atomic E-state index is 0.990. The Bertz CT molecular complexity index is 138. The normalized spacial score (nSPS) is 33.8. The molecule has 2 rings (SSSR count). The summed E-state index contributed by atoms with van der Waals surface area (Å²) in [5.41, 5.74) is 1.76. The SMILES string of the molecule is C1=C2CSCC2CCC1. The molecule has 1 saturated heterocycles. The third-order valence-electron chi connectivity index (χ3n) is 2.28. The number of thioether (sulfide) groups is 1. The van der Waals surface area contributed by atoms with Gasteiger partial charge >= 0.3 is 0 Å². The van der Waals surface area contributed by atoms with Crippen molar-refractivity contribution >= 4 is 11.8 Å². The third-order valence-corrected chi connectivity index (χ3v) is 3.45. The van der Waals surface area contributed by atoms with E-state index in [1.54, 1.807) is 5.57 Å². The number of hydrogen-bond acceptors (Lipinski definition) is 1. The van der Waals surface area contributed by atoms with E-state index < -0.39 is 0 Å². The lowest BCUT2D eigenvalue weighted by Gasteiger charge is -2.14. The minimum Gasteiger partial charge on any atom is -0.157 e. The summed E-state index contributed by atoms with van der Waals surface area (Å²) in [5, 5.41) is 0. The molecule has 1 heterocycles. The van der Waals surface area contributed by atoms with E-state index in [0.29, 0.717) is 0 Å². The molecule has 1 heteroatoms. The van der Waals surface area contributed by atoms with Gasteiger partial charge < -0.3 is 0 Å². The average Bonchev–Trinajstić information content (AvgIpc) is 2.33. The molecule has 1 unspecified atom stereocenters. The van der Waals surface area contributed by atoms with Gasteiger partial charge in [-0.15, -0.1) is 0 Å². The molecule has 0 aromatic rings. The number of hydrogen-bond donors (Lipinski definition) is 0. The summed E-state index contributed by atoms with van der Waals surface area (Å²) < 4.78 is 0. The zero-order valence-corrected chi connectivity index (χ0v) is 6.41. The summed E-state index contributed by atoms with van der Waals surface area (Å²) in [6.45, 7) is 0. The van der Waals surface area contributed by atoms with Crippen LogP contribution in [0.1, 0.15) is 19.3 Å². The summed E-state index contributed by atoms with van der Waals surface area (Å²) in [6.07, 6.45) is 6.73. The van der Waals surface area contributed by atoms with Crippen molar-refractivity contribution in [3.63, 3.8) is 0 Å². The lowest BCUT2D eigenvalue weighted by molar-refractivity contribution is 0.572. The Balaban J connectivity index is 2.16. The summed E-state index contributed by atoms with van der Waals surface area (Å²) >= 11 is 2.11. The monoisotopic (exact) mass is 140 g/mol. The van der Waals surface area contributed by atoms with Gasteiger partial charge in [0.15, 0.2) is 0 Å². The van der Waals surface area contributed by atoms with Crippen molar-refractivity contribution in [2.24, 2.45) is 5.92 Å². The molecule has 0 saturated carbocycles. The van der Waals surface area contributed by atoms with Gasteiger partial charge in [-0.25, -0.2) is 0 Å². The fraction of sp³-hybridized carbons (Fsp3) is 0.750. The highest BCUT2D eigenvalue weighted by Crippen LogP contribution is 2.35. The highest BCUT2D eigenvalue weighted by Gasteiger charge is 2.22. The molecule has 1 aliphatic heterocycles. The van der Waals surface area contributed by atoms with Crippen molar-refractivity contribution in [3.8, 4) is 0 Å². The summed E-state index contributed by atoms with van der Waals surface area (Å²) in [7, 11) is 0. The van der Waals surface area contributed by atoms with Crippen molar-refractivity contribution in [1.29, 1.82) is 0 Å². The van der Waals surface area contributed by atoms with Gasteiger partial charge in [-0.2, -0.15) is 11.8 Å². The molecule has 0 aromatic heterocycles. The maximum absolute atomic E-state index is 2.47. The summed E-state index contributed by atoms with van der Waals surface area (Å²) in [6, 6.07) is 0. The van der Waals surface area contributed by atoms with E-state index >= 15 is 0 Å². The average molecular weight is 140 g/mol. The van der Waals surface area contributed by atoms with Crippen molar-refractivity contribution in [1.82, 2.24) is 0 Å². The van der Waals surface area contributed by atoms with Gasteiger partial charge in [0.25, 0.3) is 0 Å². The molecule has 0 aromatic carbocycles. The highest BCUT2D eigenvalue weighted by atomic mass is 32.2. The molecule has 50 valence electrons. The summed E-state index contributed by atoms with van der Waals surface area (Å²) in [4.78, 5) is 0. The van der Waals surface area contributed by atoms with Crippen LogP contribution in [0.5, 0.6) is 0 Å². The van der Waals surface area contributed by atoms with Crippen molar-refractivity contribution in [2.75, 3.05) is 11.5 Å². The van der Waals surface area contributed by atoms with E-state index in [2.05, 4.69) is 17.8 Å². The lowest BCUT2D eigenvalue weighted by Crippen LogP contribution is -2.04. The maximum Gasteiger partial charge on any atom is 0.0146 e. The topological polar surface area (TPSA) is 0 Å². The largest absolute Gasteiger partial charge is 0.157 e. The smallest absolute Gasteiger partial charge is 0.0146 e. The van der Waals surface area contributed by atoms with Crippen LogP contribution in [0, 0.1) is 5.92 Å². The van der Waals surface area contributed by atoms with Crippen LogP contribution < -0.4 is 0 Å². The Morgan fingerprint density at radius 2 is 2.56 bits per heavy atom. The molecule has 0 N–H and O–H groups in total. The molecular formula is C8H12S. The van der Waals surface area contributed by atoms with Gasteiger partial charge in [-0.05, 0) is 25.2 Å². The first-order valence-corrected chi connectivity index (χ1v) is 4.89. The predicted molar refractivity (Wildman–Crippen MR) is 42.7 cm³/mol. The number of rotatable bonds is 0. The van der Waals surface area contributed by atoms with E-state index in [1.807, 2.05) is 0 Å². The first-order valence-electron chi connectivity index (χ1n) is 3.73. The first-order chi connectivity index (χ1) is 4.47. The quantitative estimate of drug-likeness (QED) is 0.466. The zero-order valence-electron chi connectivity index (χ0n) is 5.60. The van der Waals surface area contributed by atoms with Gasteiger partial charge in [-0.1, -0.05) is 11.6 Å². The molecule has 1 fully saturated rings. The third kappa shape index (κ3) is 1.03. The fourth-order valence-corrected chi connectivity index (χ4v) is 3.06. The van der Waals surface area contributed by atoms with E-state index in [4.69, 9.17) is 0 Å². The van der Waals surface area contributed by atoms with Gasteiger partial charge in [0.05, 0.1) is 0 Å². The van der Waals surface area contributed by atoms with Crippen molar-refractivity contribution in [2.45, 2.75) is 19.3 Å². The standard InChI is InChI=1S/C8H12S/c1-2-4-8-6-9-5-7(8)3-1/h3,8H,1-2,4-6H2. The fourth-order valence-electron chi connectivity index (χ4n) is 1.69. The molecule has 0 amide bonds. The second-order valence-corrected chi connectivity index (χ2v) is 3.95. The molecule has 0 bridgehead atoms. The Hall–Kier alpha value is 0.0900. The van der Waals surface area contributed by atoms with Crippen LogP contribution in [-0.2, 0) is 0 Å². The zero-order chi connectivity index (χ0) is 6.10. The van der Waals surface area contributed by atoms with Gasteiger partial charge in [0, 0.05) is 11.5 Å². The predicted octanol–water partition coefficient (Wildman–Crippen LogP) is 2.46. The molecule has 0 radical (unpaired) electrons. The van der Waals surface area contributed by atoms with E-state index in [9.17, 15) is 0 Å². The highest BCUT2D eigenvalue weighted by molar-refractivity contribution is 7.99. The summed E-state index contributed by atoms with van der Waals surface area (Å²) in [5.74, 6) is 3.74. The molecule has 1 aliphatic carbocycles. The van der Waals surface area contributed by atoms with Gasteiger partial charge in [0.1, 0.15) is 0 Å². The second kappa shape index (κ2) is 2.37. The van der Waals surface area contributed by atoms with Crippen LogP contribution in [0.25, 0.3) is 0 Å². The second-order valence-electron chi connectivity index (χ2n) is 2.92. The van der Waals surface area contributed by atoms with E-state index in [-0.39, 0.29) is 0 Å². The molecule has 2 aliphatic rings. The van der Waals surface area contributed by atoms with Crippen LogP contribution in [0.4, 0.5) is 0 Å². The van der Waals surface area contributed by atoms with Crippen LogP contribution in [0.3, 0.4) is 0 Å². The van der Waals surface area contributed by atoms with Gasteiger partial charge in [0.2, 0.25) is 0 Å². The Morgan fingerprint density at radius 3 is 3.44 bits per heavy atom. The van der Waals surface area contributed by atoms with Crippen LogP contribution in [0.2, 0.25) is 0 Å². The van der Waals surface area contributed by atoms with E-state index in [0.717, 1.165) is 5.92 Å². The minimum absolute atomic E-state index is 0.990. The molecule has 0 spiro atoms.